The quantitative estimate of drug-likeness (QED) is 0.300. The first-order valence-corrected chi connectivity index (χ1v) is 19.1. The van der Waals surface area contributed by atoms with Gasteiger partial charge in [-0.2, -0.15) is 0 Å². The molecule has 6 rings (SSSR count). The molecule has 4 saturated carbocycles. The highest BCUT2D eigenvalue weighted by atomic mass is 32.2. The van der Waals surface area contributed by atoms with Crippen molar-refractivity contribution in [1.82, 2.24) is 0 Å². The summed E-state index contributed by atoms with van der Waals surface area (Å²) in [5.41, 5.74) is 0.406. The van der Waals surface area contributed by atoms with Gasteiger partial charge in [0.1, 0.15) is 11.5 Å². The van der Waals surface area contributed by atoms with Gasteiger partial charge in [0, 0.05) is 6.42 Å². The molecule has 0 bridgehead atoms. The average molecular weight is 623 g/mol. The summed E-state index contributed by atoms with van der Waals surface area (Å²) in [6.45, 7) is 9.55. The summed E-state index contributed by atoms with van der Waals surface area (Å²) in [5.74, 6) is 2.48. The van der Waals surface area contributed by atoms with E-state index in [1.54, 1.807) is 12.1 Å². The molecule has 44 heavy (non-hydrogen) atoms. The fourth-order valence-electron chi connectivity index (χ4n) is 11.5. The van der Waals surface area contributed by atoms with E-state index < -0.39 is 15.6 Å². The first kappa shape index (κ1) is 32.2. The lowest BCUT2D eigenvalue weighted by Crippen LogP contribution is -2.62. The number of rotatable bonds is 9. The normalized spacial score (nSPS) is 39.3. The molecule has 0 amide bonds. The second kappa shape index (κ2) is 12.1. The third-order valence-electron chi connectivity index (χ3n) is 13.7. The van der Waals surface area contributed by atoms with Crippen LogP contribution in [0.5, 0.6) is 0 Å². The van der Waals surface area contributed by atoms with Gasteiger partial charge in [-0.1, -0.05) is 70.9 Å². The van der Waals surface area contributed by atoms with Gasteiger partial charge < -0.3 is 10.2 Å². The first-order chi connectivity index (χ1) is 20.9. The summed E-state index contributed by atoms with van der Waals surface area (Å²) in [4.78, 5) is 13.1. The number of aliphatic hydroxyl groups is 2. The molecule has 0 saturated heterocycles. The highest BCUT2D eigenvalue weighted by molar-refractivity contribution is 7.92. The molecule has 242 valence electrons. The zero-order valence-corrected chi connectivity index (χ0v) is 28.1. The molecule has 2 aromatic carbocycles. The smallest absolute Gasteiger partial charge is 0.185 e. The van der Waals surface area contributed by atoms with Gasteiger partial charge in [0.2, 0.25) is 0 Å². The highest BCUT2D eigenvalue weighted by Gasteiger charge is 2.64. The zero-order valence-electron chi connectivity index (χ0n) is 27.3. The highest BCUT2D eigenvalue weighted by Crippen LogP contribution is 2.69. The topological polar surface area (TPSA) is 91.7 Å². The van der Waals surface area contributed by atoms with Crippen LogP contribution in [0.2, 0.25) is 0 Å². The fraction of sp³-hybridized carbons (Fsp3) is 0.711. The van der Waals surface area contributed by atoms with E-state index in [0.717, 1.165) is 49.3 Å². The van der Waals surface area contributed by atoms with Gasteiger partial charge in [-0.05, 0) is 127 Å². The Morgan fingerprint density at radius 2 is 1.64 bits per heavy atom. The Morgan fingerprint density at radius 1 is 0.932 bits per heavy atom. The van der Waals surface area contributed by atoms with Crippen molar-refractivity contribution >= 4 is 26.4 Å². The molecule has 2 aromatic rings. The van der Waals surface area contributed by atoms with Crippen LogP contribution in [0, 0.1) is 52.3 Å². The number of carbonyl (C=O) groups is 1. The summed E-state index contributed by atoms with van der Waals surface area (Å²) in [6, 6.07) is 12.8. The van der Waals surface area contributed by atoms with Crippen molar-refractivity contribution in [2.75, 3.05) is 5.75 Å². The minimum absolute atomic E-state index is 0.195. The second-order valence-electron chi connectivity index (χ2n) is 15.8. The standard InChI is InChI=1S/C38H54O5S/c1-5-30-34-22-27(39)17-19-38(34,4)33-18-20-37(3)31(15-16-32(37)35(33)36(30)41)24(2)9-8-12-28(40)23-44(42,43)29-14-13-25-10-6-7-11-26(25)21-29/h6-7,10-11,13-14,21,24,27,30-36,39,41H,5,8-9,12,15-20,22-23H2,1-4H3/t24-,27-,30-,31?,32+,33+,34+,35+,36-,37-,38-/m1/s1. The lowest BCUT2D eigenvalue weighted by Gasteiger charge is -2.64. The number of fused-ring (bicyclic) bond motifs is 6. The molecule has 2 N–H and O–H groups in total. The van der Waals surface area contributed by atoms with E-state index >= 15 is 0 Å². The Morgan fingerprint density at radius 3 is 2.39 bits per heavy atom. The molecule has 6 heteroatoms. The minimum atomic E-state index is -3.67. The van der Waals surface area contributed by atoms with Gasteiger partial charge in [-0.3, -0.25) is 4.79 Å². The lowest BCUT2D eigenvalue weighted by molar-refractivity contribution is -0.203. The third-order valence-corrected chi connectivity index (χ3v) is 15.4. The third kappa shape index (κ3) is 5.49. The van der Waals surface area contributed by atoms with Crippen LogP contribution in [0.3, 0.4) is 0 Å². The summed E-state index contributed by atoms with van der Waals surface area (Å²) in [5, 5.41) is 24.4. The molecule has 0 aromatic heterocycles. The van der Waals surface area contributed by atoms with Crippen LogP contribution in [-0.2, 0) is 14.6 Å². The summed E-state index contributed by atoms with van der Waals surface area (Å²) >= 11 is 0. The lowest BCUT2D eigenvalue weighted by atomic mass is 9.41. The SMILES string of the molecule is CC[C@H]1[C@@H](O)[C@@H]2[C@H](CC[C@]3(C)C([C@H](C)CCCC(=O)CS(=O)(=O)c4ccc5ccccc5c4)CC[C@@H]23)[C@@]2(C)CC[C@@H](O)C[C@@H]12. The molecular weight excluding hydrogens is 568 g/mol. The van der Waals surface area contributed by atoms with Crippen LogP contribution in [0.15, 0.2) is 47.4 Å². The molecule has 4 aliphatic carbocycles. The van der Waals surface area contributed by atoms with Crippen molar-refractivity contribution in [3.63, 3.8) is 0 Å². The van der Waals surface area contributed by atoms with Gasteiger partial charge in [-0.15, -0.1) is 0 Å². The maximum Gasteiger partial charge on any atom is 0.185 e. The maximum absolute atomic E-state index is 13.1. The number of hydrogen-bond acceptors (Lipinski definition) is 5. The van der Waals surface area contributed by atoms with Crippen LogP contribution in [-0.4, -0.2) is 42.4 Å². The molecular formula is C38H54O5S. The fourth-order valence-corrected chi connectivity index (χ4v) is 12.8. The molecule has 11 atom stereocenters. The summed E-state index contributed by atoms with van der Waals surface area (Å²) in [6.07, 6.45) is 9.97. The zero-order chi connectivity index (χ0) is 31.4. The Kier molecular flexibility index (Phi) is 8.86. The Bertz CT molecular complexity index is 1470. The number of carbonyl (C=O) groups excluding carboxylic acids is 1. The predicted molar refractivity (Wildman–Crippen MR) is 176 cm³/mol. The average Bonchev–Trinajstić information content (AvgIpc) is 3.35. The molecule has 0 spiro atoms. The molecule has 0 aliphatic heterocycles. The van der Waals surface area contributed by atoms with Crippen LogP contribution in [0.4, 0.5) is 0 Å². The Labute approximate surface area is 265 Å². The molecule has 5 nitrogen and oxygen atoms in total. The van der Waals surface area contributed by atoms with E-state index in [1.807, 2.05) is 30.3 Å². The van der Waals surface area contributed by atoms with Gasteiger partial charge in [0.15, 0.2) is 9.84 Å². The predicted octanol–water partition coefficient (Wildman–Crippen LogP) is 7.62. The Hall–Kier alpha value is -1.76. The van der Waals surface area contributed by atoms with Gasteiger partial charge in [-0.25, -0.2) is 8.42 Å². The van der Waals surface area contributed by atoms with Gasteiger partial charge in [0.25, 0.3) is 0 Å². The number of ketones is 1. The van der Waals surface area contributed by atoms with E-state index in [9.17, 15) is 23.4 Å². The number of aliphatic hydroxyl groups excluding tert-OH is 2. The number of sulfone groups is 1. The van der Waals surface area contributed by atoms with Crippen molar-refractivity contribution in [3.8, 4) is 0 Å². The molecule has 4 fully saturated rings. The number of benzene rings is 2. The second-order valence-corrected chi connectivity index (χ2v) is 17.8. The van der Waals surface area contributed by atoms with E-state index in [4.69, 9.17) is 0 Å². The van der Waals surface area contributed by atoms with E-state index in [-0.39, 0.29) is 39.6 Å². The van der Waals surface area contributed by atoms with Crippen LogP contribution >= 0.6 is 0 Å². The molecule has 0 heterocycles. The first-order valence-electron chi connectivity index (χ1n) is 17.5. The van der Waals surface area contributed by atoms with E-state index in [0.29, 0.717) is 41.9 Å². The number of Topliss-reactive ketones (excluding diaryl/α,β-unsaturated/α-hetero) is 1. The van der Waals surface area contributed by atoms with Crippen molar-refractivity contribution in [3.05, 3.63) is 42.5 Å². The van der Waals surface area contributed by atoms with Crippen molar-refractivity contribution in [2.45, 2.75) is 115 Å². The van der Waals surface area contributed by atoms with Crippen molar-refractivity contribution in [1.29, 1.82) is 0 Å². The molecule has 0 radical (unpaired) electrons. The van der Waals surface area contributed by atoms with E-state index in [2.05, 4.69) is 27.7 Å². The summed E-state index contributed by atoms with van der Waals surface area (Å²) in [7, 11) is -3.67. The van der Waals surface area contributed by atoms with Crippen LogP contribution in [0.25, 0.3) is 10.8 Å². The largest absolute Gasteiger partial charge is 0.393 e. The molecule has 1 unspecified atom stereocenters. The van der Waals surface area contributed by atoms with Crippen molar-refractivity contribution in [2.24, 2.45) is 52.3 Å². The van der Waals surface area contributed by atoms with Gasteiger partial charge >= 0.3 is 0 Å². The maximum atomic E-state index is 13.1. The summed E-state index contributed by atoms with van der Waals surface area (Å²) < 4.78 is 26.1. The van der Waals surface area contributed by atoms with Crippen LogP contribution in [0.1, 0.15) is 98.3 Å². The van der Waals surface area contributed by atoms with Gasteiger partial charge in [0.05, 0.1) is 17.1 Å². The Balaban J connectivity index is 1.08. The van der Waals surface area contributed by atoms with Crippen LogP contribution < -0.4 is 0 Å². The number of hydrogen-bond donors (Lipinski definition) is 2. The van der Waals surface area contributed by atoms with Crippen molar-refractivity contribution < 1.29 is 23.4 Å². The van der Waals surface area contributed by atoms with E-state index in [1.165, 1.54) is 25.7 Å². The minimum Gasteiger partial charge on any atom is -0.393 e. The monoisotopic (exact) mass is 622 g/mol. The molecule has 4 aliphatic rings.